The number of carbonyl (C=O) groups excluding carboxylic acids is 3. The standard InChI is InChI=1S/C10H20O2.C8H20Si.C6H8O3.2CH4/c1-7-10(5,6)8(11)12-9(2,3)4;1-6-8(2)7-9(3,4)5;1-3-4(2)6(8)9-5(3)7;;/h7H2,1-6H3;8H,6-7H2,1-5H3;3-4H,1-2H3;2*1H4. The summed E-state index contributed by atoms with van der Waals surface area (Å²) in [4.78, 5) is 32.6. The molecule has 3 atom stereocenters. The number of cyclic esters (lactones) is 2. The second-order valence-electron chi connectivity index (χ2n) is 11.3. The molecule has 1 aliphatic heterocycles. The molecule has 1 heterocycles. The molecule has 1 fully saturated rings. The Kier molecular flexibility index (Phi) is 18.6. The van der Waals surface area contributed by atoms with E-state index in [0.717, 1.165) is 12.3 Å². The van der Waals surface area contributed by atoms with Crippen LogP contribution in [0.5, 0.6) is 0 Å². The van der Waals surface area contributed by atoms with E-state index in [0.29, 0.717) is 0 Å². The van der Waals surface area contributed by atoms with Crippen molar-refractivity contribution in [3.05, 3.63) is 0 Å². The molecule has 5 nitrogen and oxygen atoms in total. The van der Waals surface area contributed by atoms with Crippen LogP contribution in [-0.4, -0.2) is 31.6 Å². The number of hydrogen-bond acceptors (Lipinski definition) is 5. The maximum atomic E-state index is 11.5. The maximum absolute atomic E-state index is 11.5. The number of hydrogen-bond donors (Lipinski definition) is 0. The Labute approximate surface area is 201 Å². The molecule has 0 aromatic rings. The van der Waals surface area contributed by atoms with E-state index in [9.17, 15) is 14.4 Å². The van der Waals surface area contributed by atoms with Crippen LogP contribution in [0.15, 0.2) is 0 Å². The quantitative estimate of drug-likeness (QED) is 0.230. The van der Waals surface area contributed by atoms with Crippen LogP contribution in [0.25, 0.3) is 0 Å². The van der Waals surface area contributed by atoms with Gasteiger partial charge < -0.3 is 9.47 Å². The van der Waals surface area contributed by atoms with Gasteiger partial charge >= 0.3 is 17.9 Å². The van der Waals surface area contributed by atoms with Crippen molar-refractivity contribution in [1.29, 1.82) is 0 Å². The Hall–Kier alpha value is -1.17. The first-order valence-corrected chi connectivity index (χ1v) is 15.0. The highest BCUT2D eigenvalue weighted by atomic mass is 28.3. The molecule has 3 unspecified atom stereocenters. The van der Waals surface area contributed by atoms with Gasteiger partial charge in [0.1, 0.15) is 5.60 Å². The summed E-state index contributed by atoms with van der Waals surface area (Å²) in [6.45, 7) is 26.8. The van der Waals surface area contributed by atoms with E-state index >= 15 is 0 Å². The van der Waals surface area contributed by atoms with Crippen LogP contribution in [0.1, 0.15) is 96.9 Å². The molecular weight excluding hydrogens is 420 g/mol. The summed E-state index contributed by atoms with van der Waals surface area (Å²) in [5.74, 6) is -0.454. The van der Waals surface area contributed by atoms with E-state index in [-0.39, 0.29) is 43.7 Å². The van der Waals surface area contributed by atoms with Gasteiger partial charge in [-0.2, -0.15) is 0 Å². The second-order valence-corrected chi connectivity index (χ2v) is 16.9. The van der Waals surface area contributed by atoms with Gasteiger partial charge in [-0.3, -0.25) is 14.4 Å². The van der Waals surface area contributed by atoms with E-state index in [1.165, 1.54) is 12.5 Å². The van der Waals surface area contributed by atoms with Crippen LogP contribution in [-0.2, 0) is 23.9 Å². The lowest BCUT2D eigenvalue weighted by Gasteiger charge is -2.27. The lowest BCUT2D eigenvalue weighted by atomic mass is 9.90. The first kappa shape index (κ1) is 38.1. The van der Waals surface area contributed by atoms with Crippen LogP contribution in [0.2, 0.25) is 25.7 Å². The van der Waals surface area contributed by atoms with Crippen molar-refractivity contribution in [2.75, 3.05) is 0 Å². The van der Waals surface area contributed by atoms with E-state index in [1.54, 1.807) is 13.8 Å². The Balaban J connectivity index is -0.000000180. The fraction of sp³-hybridized carbons (Fsp3) is 0.885. The first-order chi connectivity index (χ1) is 13.3. The molecule has 0 bridgehead atoms. The molecule has 0 N–H and O–H groups in total. The topological polar surface area (TPSA) is 69.7 Å². The van der Waals surface area contributed by atoms with Gasteiger partial charge in [0.2, 0.25) is 0 Å². The molecule has 1 saturated heterocycles. The van der Waals surface area contributed by atoms with E-state index in [4.69, 9.17) is 4.74 Å². The van der Waals surface area contributed by atoms with Gasteiger partial charge in [0, 0.05) is 8.07 Å². The van der Waals surface area contributed by atoms with Crippen molar-refractivity contribution in [1.82, 2.24) is 0 Å². The van der Waals surface area contributed by atoms with E-state index in [2.05, 4.69) is 38.2 Å². The average Bonchev–Trinajstić information content (AvgIpc) is 2.79. The Morgan fingerprint density at radius 3 is 1.50 bits per heavy atom. The van der Waals surface area contributed by atoms with Gasteiger partial charge in [0.25, 0.3) is 0 Å². The van der Waals surface area contributed by atoms with Crippen LogP contribution in [0.4, 0.5) is 0 Å². The van der Waals surface area contributed by atoms with Gasteiger partial charge in [-0.25, -0.2) is 0 Å². The van der Waals surface area contributed by atoms with E-state index in [1.807, 2.05) is 41.5 Å². The fourth-order valence-electron chi connectivity index (χ4n) is 2.44. The molecule has 0 aliphatic carbocycles. The molecule has 194 valence electrons. The third kappa shape index (κ3) is 17.4. The summed E-state index contributed by atoms with van der Waals surface area (Å²) in [5.41, 5.74) is -0.725. The lowest BCUT2D eigenvalue weighted by Crippen LogP contribution is -2.33. The van der Waals surface area contributed by atoms with Crippen LogP contribution in [0.3, 0.4) is 0 Å². The summed E-state index contributed by atoms with van der Waals surface area (Å²) in [7, 11) is -0.741. The summed E-state index contributed by atoms with van der Waals surface area (Å²) in [6, 6.07) is 1.49. The molecule has 0 saturated carbocycles. The molecule has 0 radical (unpaired) electrons. The van der Waals surface area contributed by atoms with Crippen LogP contribution >= 0.6 is 0 Å². The summed E-state index contributed by atoms with van der Waals surface area (Å²) >= 11 is 0. The largest absolute Gasteiger partial charge is 0.460 e. The molecule has 0 amide bonds. The molecular formula is C26H56O5Si. The zero-order valence-corrected chi connectivity index (χ0v) is 22.9. The predicted octanol–water partition coefficient (Wildman–Crippen LogP) is 7.75. The highest BCUT2D eigenvalue weighted by molar-refractivity contribution is 6.76. The van der Waals surface area contributed by atoms with Gasteiger partial charge in [-0.05, 0) is 47.0 Å². The fourth-order valence-corrected chi connectivity index (χ4v) is 4.82. The zero-order chi connectivity index (χ0) is 24.5. The monoisotopic (exact) mass is 476 g/mol. The lowest BCUT2D eigenvalue weighted by molar-refractivity contribution is -0.165. The highest BCUT2D eigenvalue weighted by Crippen LogP contribution is 2.24. The molecule has 0 aromatic carbocycles. The van der Waals surface area contributed by atoms with Gasteiger partial charge in [0.05, 0.1) is 17.3 Å². The predicted molar refractivity (Wildman–Crippen MR) is 140 cm³/mol. The number of rotatable bonds is 5. The number of carbonyl (C=O) groups is 3. The minimum absolute atomic E-state index is 0. The smallest absolute Gasteiger partial charge is 0.317 e. The summed E-state index contributed by atoms with van der Waals surface area (Å²) in [5, 5.41) is 0. The third-order valence-electron chi connectivity index (χ3n) is 5.19. The maximum Gasteiger partial charge on any atom is 0.317 e. The van der Waals surface area contributed by atoms with Gasteiger partial charge in [0.15, 0.2) is 0 Å². The van der Waals surface area contributed by atoms with Crippen molar-refractivity contribution in [2.24, 2.45) is 23.2 Å². The SMILES string of the molecule is C.C.CC1C(=O)OC(=O)C1C.CCC(C)(C)C(=O)OC(C)(C)C.CCC(C)C[Si](C)(C)C. The Bertz CT molecular complexity index is 538. The molecule has 1 aliphatic rings. The molecule has 32 heavy (non-hydrogen) atoms. The molecule has 6 heteroatoms. The number of ether oxygens (including phenoxy) is 2. The Morgan fingerprint density at radius 2 is 1.34 bits per heavy atom. The van der Waals surface area contributed by atoms with Gasteiger partial charge in [-0.1, -0.05) is 81.6 Å². The zero-order valence-electron chi connectivity index (χ0n) is 21.9. The number of esters is 3. The Morgan fingerprint density at radius 1 is 0.969 bits per heavy atom. The molecule has 0 aromatic heterocycles. The third-order valence-corrected chi connectivity index (χ3v) is 7.11. The minimum atomic E-state index is -0.741. The molecule has 1 rings (SSSR count). The van der Waals surface area contributed by atoms with E-state index < -0.39 is 20.0 Å². The van der Waals surface area contributed by atoms with Crippen LogP contribution < -0.4 is 0 Å². The van der Waals surface area contributed by atoms with Crippen molar-refractivity contribution in [3.63, 3.8) is 0 Å². The average molecular weight is 477 g/mol. The van der Waals surface area contributed by atoms with Gasteiger partial charge in [-0.15, -0.1) is 0 Å². The molecule has 0 spiro atoms. The summed E-state index contributed by atoms with van der Waals surface area (Å²) < 4.78 is 9.56. The van der Waals surface area contributed by atoms with Crippen molar-refractivity contribution in [3.8, 4) is 0 Å². The normalized spacial score (nSPS) is 19.0. The van der Waals surface area contributed by atoms with Crippen molar-refractivity contribution in [2.45, 2.75) is 128 Å². The highest BCUT2D eigenvalue weighted by Gasteiger charge is 2.37. The minimum Gasteiger partial charge on any atom is -0.460 e. The van der Waals surface area contributed by atoms with Crippen molar-refractivity contribution >= 4 is 26.0 Å². The first-order valence-electron chi connectivity index (χ1n) is 11.3. The van der Waals surface area contributed by atoms with Crippen LogP contribution in [0, 0.1) is 23.2 Å². The second kappa shape index (κ2) is 15.6. The summed E-state index contributed by atoms with van der Waals surface area (Å²) in [6.07, 6.45) is 2.16. The van der Waals surface area contributed by atoms with Crippen molar-refractivity contribution < 1.29 is 23.9 Å².